The maximum Gasteiger partial charge on any atom is 0.252 e. The lowest BCUT2D eigenvalue weighted by Gasteiger charge is -2.05. The third-order valence-electron chi connectivity index (χ3n) is 3.90. The van der Waals surface area contributed by atoms with Gasteiger partial charge in [-0.15, -0.1) is 0 Å². The zero-order chi connectivity index (χ0) is 25.3. The second-order valence-electron chi connectivity index (χ2n) is 7.57. The molecule has 0 aromatic carbocycles. The van der Waals surface area contributed by atoms with Crippen LogP contribution < -0.4 is 0 Å². The maximum atomic E-state index is 12.8. The van der Waals surface area contributed by atoms with Gasteiger partial charge >= 0.3 is 0 Å². The predicted molar refractivity (Wildman–Crippen MR) is 123 cm³/mol. The summed E-state index contributed by atoms with van der Waals surface area (Å²) in [6.45, 7) is 11.2. The topological polar surface area (TPSA) is 77.3 Å². The first-order chi connectivity index (χ1) is 15.3. The van der Waals surface area contributed by atoms with E-state index >= 15 is 0 Å². The molecule has 0 saturated carbocycles. The monoisotopic (exact) mass is 522 g/mol. The highest BCUT2D eigenvalue weighted by Crippen LogP contribution is 2.22. The molecular weight excluding hydrogens is 500 g/mol. The van der Waals surface area contributed by atoms with Gasteiger partial charge in [-0.25, -0.2) is 34.3 Å². The first-order valence-corrected chi connectivity index (χ1v) is 11.0. The summed E-state index contributed by atoms with van der Waals surface area (Å²) in [5.41, 5.74) is 1.29. The molecule has 3 aromatic heterocycles. The molecule has 0 amide bonds. The van der Waals surface area contributed by atoms with Crippen LogP contribution in [-0.4, -0.2) is 29.9 Å². The Labute approximate surface area is 206 Å². The molecule has 0 aliphatic rings. The van der Waals surface area contributed by atoms with Crippen LogP contribution in [0.1, 0.15) is 76.4 Å². The Morgan fingerprint density at radius 1 is 0.636 bits per heavy atom. The molecule has 0 unspecified atom stereocenters. The Hall–Kier alpha value is -2.10. The molecular formula is C21H24Cl3F3N6. The summed E-state index contributed by atoms with van der Waals surface area (Å²) in [6, 6.07) is 0. The number of aromatic nitrogens is 6. The van der Waals surface area contributed by atoms with Crippen molar-refractivity contribution in [2.45, 2.75) is 59.3 Å². The van der Waals surface area contributed by atoms with Crippen molar-refractivity contribution in [3.63, 3.8) is 0 Å². The predicted octanol–water partition coefficient (Wildman–Crippen LogP) is 7.18. The fourth-order valence-electron chi connectivity index (χ4n) is 2.29. The summed E-state index contributed by atoms with van der Waals surface area (Å²) < 4.78 is 38.0. The SMILES string of the molecule is CC(C)c1nc(Cl)ncc1Cl.CC(C)c1nc(Cl)ncc1F.CC(C)c1ncnc(F)c1F. The molecule has 3 aromatic rings. The highest BCUT2D eigenvalue weighted by atomic mass is 35.5. The quantitative estimate of drug-likeness (QED) is 0.267. The van der Waals surface area contributed by atoms with E-state index in [9.17, 15) is 13.2 Å². The molecule has 3 heterocycles. The van der Waals surface area contributed by atoms with Crippen molar-refractivity contribution in [1.82, 2.24) is 29.9 Å². The van der Waals surface area contributed by atoms with Crippen LogP contribution in [0.3, 0.4) is 0 Å². The van der Waals surface area contributed by atoms with Gasteiger partial charge in [0.25, 0.3) is 5.95 Å². The molecule has 12 heteroatoms. The standard InChI is InChI=1S/C7H8Cl2N2.C7H8ClFN2.C7H8F2N2/c1-4(2)6-5(8)3-10-7(9)11-6;1-4(2)6-5(9)3-10-7(8)11-6;1-4(2)6-5(8)7(9)11-3-10-6/h3*3-4H,1-2H3. The Bertz CT molecular complexity index is 988. The minimum absolute atomic E-state index is 0.0375. The lowest BCUT2D eigenvalue weighted by atomic mass is 10.1. The van der Waals surface area contributed by atoms with Crippen molar-refractivity contribution in [1.29, 1.82) is 0 Å². The van der Waals surface area contributed by atoms with Gasteiger partial charge in [0.2, 0.25) is 10.6 Å². The number of nitrogens with zero attached hydrogens (tertiary/aromatic N) is 6. The lowest BCUT2D eigenvalue weighted by Crippen LogP contribution is -2.02. The van der Waals surface area contributed by atoms with Gasteiger partial charge in [0.15, 0.2) is 11.6 Å². The van der Waals surface area contributed by atoms with Crippen molar-refractivity contribution in [2.75, 3.05) is 0 Å². The fraction of sp³-hybridized carbons (Fsp3) is 0.429. The van der Waals surface area contributed by atoms with E-state index in [1.165, 1.54) is 6.20 Å². The maximum absolute atomic E-state index is 12.8. The zero-order valence-electron chi connectivity index (χ0n) is 18.9. The molecule has 0 N–H and O–H groups in total. The van der Waals surface area contributed by atoms with Gasteiger partial charge < -0.3 is 0 Å². The van der Waals surface area contributed by atoms with Gasteiger partial charge in [-0.05, 0) is 41.0 Å². The largest absolute Gasteiger partial charge is 0.252 e. The Morgan fingerprint density at radius 3 is 1.55 bits per heavy atom. The van der Waals surface area contributed by atoms with Gasteiger partial charge in [-0.2, -0.15) is 8.78 Å². The molecule has 0 aliphatic carbocycles. The highest BCUT2D eigenvalue weighted by molar-refractivity contribution is 6.32. The zero-order valence-corrected chi connectivity index (χ0v) is 21.2. The number of hydrogen-bond donors (Lipinski definition) is 0. The van der Waals surface area contributed by atoms with Gasteiger partial charge in [0.1, 0.15) is 6.33 Å². The van der Waals surface area contributed by atoms with Crippen LogP contribution in [0.4, 0.5) is 13.2 Å². The van der Waals surface area contributed by atoms with Crippen molar-refractivity contribution >= 4 is 34.8 Å². The molecule has 0 fully saturated rings. The molecule has 6 nitrogen and oxygen atoms in total. The molecule has 0 atom stereocenters. The summed E-state index contributed by atoms with van der Waals surface area (Å²) in [6.07, 6.45) is 3.63. The van der Waals surface area contributed by atoms with E-state index in [2.05, 4.69) is 29.9 Å². The minimum atomic E-state index is -1.08. The number of rotatable bonds is 3. The average Bonchev–Trinajstić information content (AvgIpc) is 2.74. The van der Waals surface area contributed by atoms with Crippen LogP contribution in [0.5, 0.6) is 0 Å². The van der Waals surface area contributed by atoms with E-state index in [4.69, 9.17) is 34.8 Å². The van der Waals surface area contributed by atoms with E-state index in [1.54, 1.807) is 13.8 Å². The van der Waals surface area contributed by atoms with E-state index < -0.39 is 17.6 Å². The van der Waals surface area contributed by atoms with E-state index in [-0.39, 0.29) is 34.0 Å². The van der Waals surface area contributed by atoms with Gasteiger partial charge in [-0.1, -0.05) is 53.1 Å². The molecule has 0 bridgehead atoms. The second-order valence-corrected chi connectivity index (χ2v) is 8.66. The minimum Gasteiger partial charge on any atom is -0.238 e. The van der Waals surface area contributed by atoms with E-state index in [0.29, 0.717) is 10.7 Å². The summed E-state index contributed by atoms with van der Waals surface area (Å²) in [5, 5.41) is 0.914. The smallest absolute Gasteiger partial charge is 0.238 e. The molecule has 0 spiro atoms. The van der Waals surface area contributed by atoms with Crippen LogP contribution in [0.25, 0.3) is 0 Å². The molecule has 180 valence electrons. The van der Waals surface area contributed by atoms with E-state index in [1.807, 2.05) is 27.7 Å². The van der Waals surface area contributed by atoms with Crippen LogP contribution in [-0.2, 0) is 0 Å². The molecule has 3 rings (SSSR count). The third-order valence-corrected chi connectivity index (χ3v) is 4.55. The van der Waals surface area contributed by atoms with Gasteiger partial charge in [0, 0.05) is 0 Å². The number of hydrogen-bond acceptors (Lipinski definition) is 6. The summed E-state index contributed by atoms with van der Waals surface area (Å²) >= 11 is 16.9. The van der Waals surface area contributed by atoms with Crippen molar-refractivity contribution < 1.29 is 13.2 Å². The number of halogens is 6. The van der Waals surface area contributed by atoms with Crippen molar-refractivity contribution in [2.24, 2.45) is 0 Å². The fourth-order valence-corrected chi connectivity index (χ4v) is 2.88. The lowest BCUT2D eigenvalue weighted by molar-refractivity contribution is 0.456. The molecule has 0 saturated heterocycles. The van der Waals surface area contributed by atoms with Crippen LogP contribution in [0.15, 0.2) is 18.7 Å². The highest BCUT2D eigenvalue weighted by Gasteiger charge is 2.13. The molecule has 0 aliphatic heterocycles. The normalized spacial score (nSPS) is 10.6. The van der Waals surface area contributed by atoms with Gasteiger partial charge in [0.05, 0.1) is 34.5 Å². The van der Waals surface area contributed by atoms with Crippen LogP contribution in [0.2, 0.25) is 15.6 Å². The third kappa shape index (κ3) is 9.35. The summed E-state index contributed by atoms with van der Waals surface area (Å²) in [4.78, 5) is 21.7. The van der Waals surface area contributed by atoms with Crippen molar-refractivity contribution in [3.8, 4) is 0 Å². The van der Waals surface area contributed by atoms with Crippen molar-refractivity contribution in [3.05, 3.63) is 69.0 Å². The average molecular weight is 524 g/mol. The Balaban J connectivity index is 0.000000247. The van der Waals surface area contributed by atoms with Crippen LogP contribution >= 0.6 is 34.8 Å². The Kier molecular flexibility index (Phi) is 11.9. The Morgan fingerprint density at radius 2 is 1.12 bits per heavy atom. The first-order valence-electron chi connectivity index (χ1n) is 9.86. The summed E-state index contributed by atoms with van der Waals surface area (Å²) in [5.74, 6) is -2.22. The summed E-state index contributed by atoms with van der Waals surface area (Å²) in [7, 11) is 0. The molecule has 33 heavy (non-hydrogen) atoms. The van der Waals surface area contributed by atoms with Crippen LogP contribution in [0, 0.1) is 17.6 Å². The van der Waals surface area contributed by atoms with Gasteiger partial charge in [-0.3, -0.25) is 0 Å². The molecule has 0 radical (unpaired) electrons. The van der Waals surface area contributed by atoms with E-state index in [0.717, 1.165) is 18.2 Å². The second kappa shape index (κ2) is 13.6. The first kappa shape index (κ1) is 28.9.